The molecule has 2 aromatic carbocycles. The third kappa shape index (κ3) is 3.70. The van der Waals surface area contributed by atoms with E-state index in [9.17, 15) is 4.79 Å². The lowest BCUT2D eigenvalue weighted by atomic mass is 9.93. The van der Waals surface area contributed by atoms with Crippen molar-refractivity contribution in [3.05, 3.63) is 82.0 Å². The SMILES string of the molecule is Cc1ccccc1C(c1ccccc1)N1CCN(C(=O)c2nn3c(c2Cl)OCC3)CC1. The number of carbonyl (C=O) groups is 1. The highest BCUT2D eigenvalue weighted by Gasteiger charge is 2.33. The summed E-state index contributed by atoms with van der Waals surface area (Å²) in [5.74, 6) is 0.384. The van der Waals surface area contributed by atoms with Gasteiger partial charge in [0, 0.05) is 26.2 Å². The van der Waals surface area contributed by atoms with Gasteiger partial charge in [0.1, 0.15) is 11.6 Å². The van der Waals surface area contributed by atoms with Crippen LogP contribution < -0.4 is 4.74 Å². The van der Waals surface area contributed by atoms with Gasteiger partial charge in [-0.1, -0.05) is 66.2 Å². The molecule has 3 heterocycles. The topological polar surface area (TPSA) is 50.6 Å². The Kier molecular flexibility index (Phi) is 5.42. The van der Waals surface area contributed by atoms with E-state index in [0.717, 1.165) is 13.1 Å². The van der Waals surface area contributed by atoms with Crippen LogP contribution in [0.25, 0.3) is 0 Å². The highest BCUT2D eigenvalue weighted by atomic mass is 35.5. The second-order valence-electron chi connectivity index (χ2n) is 8.04. The number of halogens is 1. The van der Waals surface area contributed by atoms with E-state index < -0.39 is 0 Å². The molecule has 0 radical (unpaired) electrons. The van der Waals surface area contributed by atoms with Crippen LogP contribution in [0.5, 0.6) is 5.88 Å². The molecule has 6 nitrogen and oxygen atoms in total. The van der Waals surface area contributed by atoms with Crippen molar-refractivity contribution in [2.45, 2.75) is 19.5 Å². The molecule has 1 amide bonds. The largest absolute Gasteiger partial charge is 0.475 e. The number of amides is 1. The molecule has 0 bridgehead atoms. The first-order valence-electron chi connectivity index (χ1n) is 10.7. The zero-order valence-corrected chi connectivity index (χ0v) is 18.3. The number of aromatic nitrogens is 2. The summed E-state index contributed by atoms with van der Waals surface area (Å²) in [6, 6.07) is 19.3. The van der Waals surface area contributed by atoms with Gasteiger partial charge >= 0.3 is 0 Å². The van der Waals surface area contributed by atoms with Crippen molar-refractivity contribution in [2.75, 3.05) is 32.8 Å². The van der Waals surface area contributed by atoms with E-state index in [1.165, 1.54) is 16.7 Å². The van der Waals surface area contributed by atoms with Crippen LogP contribution in [-0.4, -0.2) is 58.3 Å². The Balaban J connectivity index is 1.35. The molecular formula is C24H25ClN4O2. The lowest BCUT2D eigenvalue weighted by molar-refractivity contribution is 0.0590. The predicted molar refractivity (Wildman–Crippen MR) is 120 cm³/mol. The molecule has 2 aliphatic heterocycles. The molecule has 0 N–H and O–H groups in total. The minimum Gasteiger partial charge on any atom is -0.475 e. The highest BCUT2D eigenvalue weighted by molar-refractivity contribution is 6.34. The maximum Gasteiger partial charge on any atom is 0.276 e. The normalized spacial score (nSPS) is 17.3. The van der Waals surface area contributed by atoms with Crippen molar-refractivity contribution >= 4 is 17.5 Å². The Hall–Kier alpha value is -2.83. The summed E-state index contributed by atoms with van der Waals surface area (Å²) >= 11 is 6.37. The van der Waals surface area contributed by atoms with Gasteiger partial charge in [-0.3, -0.25) is 9.69 Å². The van der Waals surface area contributed by atoms with E-state index in [2.05, 4.69) is 65.5 Å². The van der Waals surface area contributed by atoms with Gasteiger partial charge < -0.3 is 9.64 Å². The number of rotatable bonds is 4. The van der Waals surface area contributed by atoms with E-state index in [1.807, 2.05) is 11.0 Å². The molecule has 1 atom stereocenters. The van der Waals surface area contributed by atoms with E-state index in [-0.39, 0.29) is 11.9 Å². The monoisotopic (exact) mass is 436 g/mol. The smallest absolute Gasteiger partial charge is 0.276 e. The molecule has 1 saturated heterocycles. The van der Waals surface area contributed by atoms with Gasteiger partial charge in [-0.25, -0.2) is 4.68 Å². The summed E-state index contributed by atoms with van der Waals surface area (Å²) in [5, 5.41) is 4.71. The summed E-state index contributed by atoms with van der Waals surface area (Å²) in [5.41, 5.74) is 4.14. The van der Waals surface area contributed by atoms with E-state index in [0.29, 0.717) is 42.8 Å². The zero-order chi connectivity index (χ0) is 21.4. The number of nitrogens with zero attached hydrogens (tertiary/aromatic N) is 4. The Morgan fingerprint density at radius 2 is 1.71 bits per heavy atom. The van der Waals surface area contributed by atoms with Crippen molar-refractivity contribution < 1.29 is 9.53 Å². The van der Waals surface area contributed by atoms with Crippen LogP contribution in [0.15, 0.2) is 54.6 Å². The molecule has 5 rings (SSSR count). The molecule has 0 aliphatic carbocycles. The van der Waals surface area contributed by atoms with Crippen LogP contribution in [0.3, 0.4) is 0 Å². The second kappa shape index (κ2) is 8.36. The van der Waals surface area contributed by atoms with Crippen LogP contribution in [0, 0.1) is 6.92 Å². The van der Waals surface area contributed by atoms with Gasteiger partial charge in [-0.05, 0) is 23.6 Å². The molecule has 31 heavy (non-hydrogen) atoms. The van der Waals surface area contributed by atoms with E-state index in [1.54, 1.807) is 4.68 Å². The molecule has 2 aliphatic rings. The van der Waals surface area contributed by atoms with Crippen LogP contribution in [0.4, 0.5) is 0 Å². The van der Waals surface area contributed by atoms with Crippen molar-refractivity contribution in [3.63, 3.8) is 0 Å². The van der Waals surface area contributed by atoms with Crippen LogP contribution in [-0.2, 0) is 6.54 Å². The Bertz CT molecular complexity index is 1090. The van der Waals surface area contributed by atoms with Crippen LogP contribution >= 0.6 is 11.6 Å². The first kappa shape index (κ1) is 20.1. The van der Waals surface area contributed by atoms with Crippen molar-refractivity contribution in [2.24, 2.45) is 0 Å². The third-order valence-corrected chi connectivity index (χ3v) is 6.50. The van der Waals surface area contributed by atoms with Gasteiger partial charge in [0.2, 0.25) is 5.88 Å². The first-order chi connectivity index (χ1) is 15.1. The lowest BCUT2D eigenvalue weighted by Gasteiger charge is -2.40. The number of carbonyl (C=O) groups excluding carboxylic acids is 1. The number of ether oxygens (including phenoxy) is 1. The Morgan fingerprint density at radius 3 is 2.42 bits per heavy atom. The summed E-state index contributed by atoms with van der Waals surface area (Å²) in [7, 11) is 0. The molecule has 7 heteroatoms. The van der Waals surface area contributed by atoms with E-state index >= 15 is 0 Å². The maximum atomic E-state index is 13.1. The van der Waals surface area contributed by atoms with Crippen molar-refractivity contribution in [3.8, 4) is 5.88 Å². The summed E-state index contributed by atoms with van der Waals surface area (Å²) in [4.78, 5) is 17.4. The number of piperazine rings is 1. The zero-order valence-electron chi connectivity index (χ0n) is 17.5. The lowest BCUT2D eigenvalue weighted by Crippen LogP contribution is -2.50. The number of hydrogen-bond donors (Lipinski definition) is 0. The Labute approximate surface area is 187 Å². The molecular weight excluding hydrogens is 412 g/mol. The molecule has 0 saturated carbocycles. The van der Waals surface area contributed by atoms with Gasteiger partial charge in [0.05, 0.1) is 12.6 Å². The summed E-state index contributed by atoms with van der Waals surface area (Å²) < 4.78 is 7.17. The third-order valence-electron chi connectivity index (χ3n) is 6.16. The fourth-order valence-electron chi connectivity index (χ4n) is 4.53. The molecule has 1 unspecified atom stereocenters. The first-order valence-corrected chi connectivity index (χ1v) is 11.0. The quantitative estimate of drug-likeness (QED) is 0.624. The fourth-order valence-corrected chi connectivity index (χ4v) is 4.80. The van der Waals surface area contributed by atoms with Gasteiger partial charge in [0.25, 0.3) is 5.91 Å². The molecule has 3 aromatic rings. The minimum atomic E-state index is -0.123. The summed E-state index contributed by atoms with van der Waals surface area (Å²) in [6.45, 7) is 6.16. The second-order valence-corrected chi connectivity index (χ2v) is 8.42. The number of aryl methyl sites for hydroxylation is 1. The highest BCUT2D eigenvalue weighted by Crippen LogP contribution is 2.34. The summed E-state index contributed by atoms with van der Waals surface area (Å²) in [6.07, 6.45) is 0. The number of benzene rings is 2. The fraction of sp³-hybridized carbons (Fsp3) is 0.333. The number of fused-ring (bicyclic) bond motifs is 1. The Morgan fingerprint density at radius 1 is 1.00 bits per heavy atom. The standard InChI is InChI=1S/C24H25ClN4O2/c1-17-7-5-6-10-19(17)22(18-8-3-2-4-9-18)27-11-13-28(14-12-27)23(30)21-20(25)24-29(26-21)15-16-31-24/h2-10,22H,11-16H2,1H3. The van der Waals surface area contributed by atoms with Crippen LogP contribution in [0.1, 0.15) is 33.2 Å². The average Bonchev–Trinajstić information content (AvgIpc) is 3.39. The molecule has 160 valence electrons. The maximum absolute atomic E-state index is 13.1. The molecule has 1 fully saturated rings. The number of hydrogen-bond acceptors (Lipinski definition) is 4. The van der Waals surface area contributed by atoms with Gasteiger partial charge in [0.15, 0.2) is 5.69 Å². The molecule has 0 spiro atoms. The average molecular weight is 437 g/mol. The predicted octanol–water partition coefficient (Wildman–Crippen LogP) is 3.78. The minimum absolute atomic E-state index is 0.123. The molecule has 1 aromatic heterocycles. The van der Waals surface area contributed by atoms with Crippen LogP contribution in [0.2, 0.25) is 5.02 Å². The van der Waals surface area contributed by atoms with Crippen molar-refractivity contribution in [1.29, 1.82) is 0 Å². The van der Waals surface area contributed by atoms with Gasteiger partial charge in [-0.2, -0.15) is 5.10 Å². The van der Waals surface area contributed by atoms with Crippen molar-refractivity contribution in [1.82, 2.24) is 19.6 Å². The van der Waals surface area contributed by atoms with Gasteiger partial charge in [-0.15, -0.1) is 0 Å². The van der Waals surface area contributed by atoms with E-state index in [4.69, 9.17) is 16.3 Å².